The lowest BCUT2D eigenvalue weighted by atomic mass is 9.80. The van der Waals surface area contributed by atoms with Gasteiger partial charge in [-0.3, -0.25) is 0 Å². The van der Waals surface area contributed by atoms with Gasteiger partial charge in [-0.1, -0.05) is 18.9 Å². The van der Waals surface area contributed by atoms with E-state index in [4.69, 9.17) is 4.74 Å². The summed E-state index contributed by atoms with van der Waals surface area (Å²) >= 11 is 0. The van der Waals surface area contributed by atoms with Crippen LogP contribution in [0.5, 0.6) is 0 Å². The smallest absolute Gasteiger partial charge is 0.338 e. The number of fused-ring (bicyclic) bond motifs is 2. The van der Waals surface area contributed by atoms with Crippen molar-refractivity contribution in [1.82, 2.24) is 0 Å². The third-order valence-corrected chi connectivity index (χ3v) is 4.28. The van der Waals surface area contributed by atoms with E-state index < -0.39 is 0 Å². The van der Waals surface area contributed by atoms with Gasteiger partial charge in [0.25, 0.3) is 0 Å². The van der Waals surface area contributed by atoms with Gasteiger partial charge < -0.3 is 10.1 Å². The molecule has 1 saturated carbocycles. The lowest BCUT2D eigenvalue weighted by Crippen LogP contribution is -2.23. The van der Waals surface area contributed by atoms with E-state index in [1.165, 1.54) is 31.2 Å². The number of nitrogens with one attached hydrogen (secondary N) is 1. The van der Waals surface area contributed by atoms with Crippen molar-refractivity contribution in [2.24, 2.45) is 0 Å². The highest BCUT2D eigenvalue weighted by atomic mass is 16.5. The molecule has 1 fully saturated rings. The van der Waals surface area contributed by atoms with Crippen molar-refractivity contribution in [3.63, 3.8) is 0 Å². The van der Waals surface area contributed by atoms with E-state index in [-0.39, 0.29) is 5.97 Å². The van der Waals surface area contributed by atoms with Crippen LogP contribution in [0.2, 0.25) is 0 Å². The standard InChI is InChI=1S/C15H19NO2/c1-2-18-14(17)11-5-6-12-13(9-11)16-10-15(12)7-3-4-8-15/h5-6,9,16H,2-4,7-8,10H2,1H3. The molecule has 1 heterocycles. The zero-order chi connectivity index (χ0) is 12.6. The normalized spacial score (nSPS) is 19.6. The maximum Gasteiger partial charge on any atom is 0.338 e. The fourth-order valence-electron chi connectivity index (χ4n) is 3.35. The van der Waals surface area contributed by atoms with Gasteiger partial charge in [-0.05, 0) is 37.5 Å². The third-order valence-electron chi connectivity index (χ3n) is 4.28. The Balaban J connectivity index is 1.92. The molecule has 0 radical (unpaired) electrons. The number of benzene rings is 1. The molecule has 0 unspecified atom stereocenters. The maximum absolute atomic E-state index is 11.7. The average Bonchev–Trinajstić information content (AvgIpc) is 2.99. The van der Waals surface area contributed by atoms with E-state index in [0.29, 0.717) is 17.6 Å². The van der Waals surface area contributed by atoms with Gasteiger partial charge >= 0.3 is 5.97 Å². The molecular weight excluding hydrogens is 226 g/mol. The number of esters is 1. The first-order valence-electron chi connectivity index (χ1n) is 6.81. The van der Waals surface area contributed by atoms with Crippen LogP contribution in [0.15, 0.2) is 18.2 Å². The Morgan fingerprint density at radius 3 is 2.89 bits per heavy atom. The van der Waals surface area contributed by atoms with Crippen molar-refractivity contribution in [3.05, 3.63) is 29.3 Å². The van der Waals surface area contributed by atoms with Crippen molar-refractivity contribution < 1.29 is 9.53 Å². The third kappa shape index (κ3) is 1.69. The predicted octanol–water partition coefficient (Wildman–Crippen LogP) is 3.10. The van der Waals surface area contributed by atoms with Crippen LogP contribution in [0.1, 0.15) is 48.5 Å². The minimum Gasteiger partial charge on any atom is -0.462 e. The van der Waals surface area contributed by atoms with Crippen LogP contribution >= 0.6 is 0 Å². The maximum atomic E-state index is 11.7. The zero-order valence-electron chi connectivity index (χ0n) is 10.8. The number of rotatable bonds is 2. The van der Waals surface area contributed by atoms with Crippen LogP contribution < -0.4 is 5.32 Å². The fraction of sp³-hybridized carbons (Fsp3) is 0.533. The van der Waals surface area contributed by atoms with Crippen molar-refractivity contribution in [2.45, 2.75) is 38.0 Å². The average molecular weight is 245 g/mol. The lowest BCUT2D eigenvalue weighted by Gasteiger charge is -2.22. The van der Waals surface area contributed by atoms with Gasteiger partial charge in [0, 0.05) is 17.6 Å². The predicted molar refractivity (Wildman–Crippen MR) is 71.0 cm³/mol. The van der Waals surface area contributed by atoms with Gasteiger partial charge in [0.1, 0.15) is 0 Å². The number of hydrogen-bond acceptors (Lipinski definition) is 3. The summed E-state index contributed by atoms with van der Waals surface area (Å²) in [5.41, 5.74) is 3.51. The van der Waals surface area contributed by atoms with Gasteiger partial charge in [-0.25, -0.2) is 4.79 Å². The van der Waals surface area contributed by atoms with Crippen LogP contribution in [0.4, 0.5) is 5.69 Å². The summed E-state index contributed by atoms with van der Waals surface area (Å²) in [5.74, 6) is -0.227. The van der Waals surface area contributed by atoms with Crippen LogP contribution in [-0.4, -0.2) is 19.1 Å². The molecule has 1 N–H and O–H groups in total. The van der Waals surface area contributed by atoms with E-state index >= 15 is 0 Å². The number of hydrogen-bond donors (Lipinski definition) is 1. The summed E-state index contributed by atoms with van der Waals surface area (Å²) in [5, 5.41) is 3.46. The molecule has 0 bridgehead atoms. The van der Waals surface area contributed by atoms with Crippen molar-refractivity contribution in [3.8, 4) is 0 Å². The second kappa shape index (κ2) is 4.30. The molecule has 0 amide bonds. The summed E-state index contributed by atoms with van der Waals surface area (Å²) < 4.78 is 5.04. The minimum absolute atomic E-state index is 0.227. The van der Waals surface area contributed by atoms with Gasteiger partial charge in [0.2, 0.25) is 0 Å². The molecule has 3 heteroatoms. The van der Waals surface area contributed by atoms with E-state index in [2.05, 4.69) is 11.4 Å². The minimum atomic E-state index is -0.227. The molecule has 96 valence electrons. The van der Waals surface area contributed by atoms with Crippen LogP contribution in [-0.2, 0) is 10.2 Å². The fourth-order valence-corrected chi connectivity index (χ4v) is 3.35. The lowest BCUT2D eigenvalue weighted by molar-refractivity contribution is 0.0526. The highest BCUT2D eigenvalue weighted by Crippen LogP contribution is 2.47. The molecule has 0 atom stereocenters. The van der Waals surface area contributed by atoms with Crippen molar-refractivity contribution >= 4 is 11.7 Å². The Kier molecular flexibility index (Phi) is 2.77. The van der Waals surface area contributed by atoms with E-state index in [9.17, 15) is 4.79 Å². The van der Waals surface area contributed by atoms with E-state index in [1.807, 2.05) is 19.1 Å². The van der Waals surface area contributed by atoms with Gasteiger partial charge in [-0.15, -0.1) is 0 Å². The summed E-state index contributed by atoms with van der Waals surface area (Å²) in [4.78, 5) is 11.7. The first-order chi connectivity index (χ1) is 8.75. The monoisotopic (exact) mass is 245 g/mol. The first-order valence-corrected chi connectivity index (χ1v) is 6.81. The van der Waals surface area contributed by atoms with Gasteiger partial charge in [-0.2, -0.15) is 0 Å². The summed E-state index contributed by atoms with van der Waals surface area (Å²) in [6.07, 6.45) is 5.18. The Bertz CT molecular complexity index is 475. The van der Waals surface area contributed by atoms with E-state index in [0.717, 1.165) is 12.2 Å². The zero-order valence-corrected chi connectivity index (χ0v) is 10.8. The Morgan fingerprint density at radius 1 is 1.39 bits per heavy atom. The van der Waals surface area contributed by atoms with E-state index in [1.54, 1.807) is 0 Å². The Labute approximate surface area is 108 Å². The van der Waals surface area contributed by atoms with Crippen LogP contribution in [0, 0.1) is 0 Å². The van der Waals surface area contributed by atoms with Crippen molar-refractivity contribution in [2.75, 3.05) is 18.5 Å². The molecule has 1 spiro atoms. The number of ether oxygens (including phenoxy) is 1. The molecular formula is C15H19NO2. The molecule has 2 aliphatic rings. The Morgan fingerprint density at radius 2 is 2.17 bits per heavy atom. The molecule has 3 nitrogen and oxygen atoms in total. The molecule has 1 aromatic carbocycles. The quantitative estimate of drug-likeness (QED) is 0.814. The molecule has 3 rings (SSSR count). The summed E-state index contributed by atoms with van der Waals surface area (Å²) in [7, 11) is 0. The molecule has 0 saturated heterocycles. The topological polar surface area (TPSA) is 38.3 Å². The highest BCUT2D eigenvalue weighted by molar-refractivity contribution is 5.91. The first kappa shape index (κ1) is 11.6. The van der Waals surface area contributed by atoms with Gasteiger partial charge in [0.05, 0.1) is 12.2 Å². The number of carbonyl (C=O) groups excluding carboxylic acids is 1. The number of anilines is 1. The van der Waals surface area contributed by atoms with Gasteiger partial charge in [0.15, 0.2) is 0 Å². The molecule has 1 aliphatic carbocycles. The number of carbonyl (C=O) groups is 1. The largest absolute Gasteiger partial charge is 0.462 e. The van der Waals surface area contributed by atoms with Crippen LogP contribution in [0.3, 0.4) is 0 Å². The highest BCUT2D eigenvalue weighted by Gasteiger charge is 2.41. The SMILES string of the molecule is CCOC(=O)c1ccc2c(c1)NCC21CCCC1. The second-order valence-electron chi connectivity index (χ2n) is 5.32. The Hall–Kier alpha value is -1.51. The van der Waals surface area contributed by atoms with Crippen LogP contribution in [0.25, 0.3) is 0 Å². The second-order valence-corrected chi connectivity index (χ2v) is 5.32. The molecule has 18 heavy (non-hydrogen) atoms. The molecule has 1 aromatic rings. The van der Waals surface area contributed by atoms with Crippen molar-refractivity contribution in [1.29, 1.82) is 0 Å². The summed E-state index contributed by atoms with van der Waals surface area (Å²) in [6, 6.07) is 5.97. The summed E-state index contributed by atoms with van der Waals surface area (Å²) in [6.45, 7) is 3.28. The molecule has 0 aromatic heterocycles. The molecule has 1 aliphatic heterocycles.